The summed E-state index contributed by atoms with van der Waals surface area (Å²) < 4.78 is 5.67. The van der Waals surface area contributed by atoms with E-state index in [0.29, 0.717) is 11.3 Å². The van der Waals surface area contributed by atoms with Gasteiger partial charge in [-0.1, -0.05) is 25.3 Å². The lowest BCUT2D eigenvalue weighted by Gasteiger charge is -2.31. The molecule has 104 valence electrons. The number of amides is 1. The maximum atomic E-state index is 11.3. The van der Waals surface area contributed by atoms with Gasteiger partial charge in [0.25, 0.3) is 5.91 Å². The lowest BCUT2D eigenvalue weighted by molar-refractivity contribution is -0.0340. The largest absolute Gasteiger partial charge is 0.490 e. The Kier molecular flexibility index (Phi) is 4.10. The minimum atomic E-state index is -0.767. The SMILES string of the molecule is Cc1ccc(C(N)=O)c(OCC2(O)CCCCC2)c1. The standard InChI is InChI=1S/C15H21NO3/c1-11-5-6-12(14(16)17)13(9-11)19-10-15(18)7-3-2-4-8-15/h5-6,9,18H,2-4,7-8,10H2,1H3,(H2,16,17). The van der Waals surface area contributed by atoms with E-state index in [-0.39, 0.29) is 6.61 Å². The molecule has 0 bridgehead atoms. The third kappa shape index (κ3) is 3.47. The Bertz CT molecular complexity index is 464. The first-order valence-corrected chi connectivity index (χ1v) is 6.76. The number of aryl methyl sites for hydroxylation is 1. The van der Waals surface area contributed by atoms with E-state index in [1.807, 2.05) is 13.0 Å². The van der Waals surface area contributed by atoms with Crippen LogP contribution in [0, 0.1) is 6.92 Å². The summed E-state index contributed by atoms with van der Waals surface area (Å²) in [6.45, 7) is 2.14. The van der Waals surface area contributed by atoms with Crippen LogP contribution in [0.4, 0.5) is 0 Å². The van der Waals surface area contributed by atoms with Gasteiger partial charge in [-0.2, -0.15) is 0 Å². The Morgan fingerprint density at radius 2 is 2.05 bits per heavy atom. The monoisotopic (exact) mass is 263 g/mol. The van der Waals surface area contributed by atoms with Crippen molar-refractivity contribution in [2.75, 3.05) is 6.61 Å². The number of rotatable bonds is 4. The van der Waals surface area contributed by atoms with Gasteiger partial charge < -0.3 is 15.6 Å². The second-order valence-electron chi connectivity index (χ2n) is 5.44. The highest BCUT2D eigenvalue weighted by molar-refractivity contribution is 5.95. The molecular formula is C15H21NO3. The molecule has 3 N–H and O–H groups in total. The second-order valence-corrected chi connectivity index (χ2v) is 5.44. The Labute approximate surface area is 113 Å². The molecule has 0 radical (unpaired) electrons. The number of primary amides is 1. The molecule has 0 heterocycles. The predicted molar refractivity (Wildman–Crippen MR) is 73.2 cm³/mol. The highest BCUT2D eigenvalue weighted by Gasteiger charge is 2.30. The van der Waals surface area contributed by atoms with Gasteiger partial charge >= 0.3 is 0 Å². The number of aliphatic hydroxyl groups is 1. The van der Waals surface area contributed by atoms with Gasteiger partial charge in [0.15, 0.2) is 0 Å². The molecule has 19 heavy (non-hydrogen) atoms. The van der Waals surface area contributed by atoms with Crippen LogP contribution in [0.1, 0.15) is 48.0 Å². The number of benzene rings is 1. The zero-order chi connectivity index (χ0) is 13.9. The third-order valence-corrected chi connectivity index (χ3v) is 3.68. The number of ether oxygens (including phenoxy) is 1. The van der Waals surface area contributed by atoms with Crippen LogP contribution in [0.25, 0.3) is 0 Å². The summed E-state index contributed by atoms with van der Waals surface area (Å²) in [5.74, 6) is -0.0443. The second kappa shape index (κ2) is 5.61. The summed E-state index contributed by atoms with van der Waals surface area (Å²) >= 11 is 0. The quantitative estimate of drug-likeness (QED) is 0.874. The smallest absolute Gasteiger partial charge is 0.252 e. The fourth-order valence-electron chi connectivity index (χ4n) is 2.52. The van der Waals surface area contributed by atoms with E-state index < -0.39 is 11.5 Å². The van der Waals surface area contributed by atoms with Crippen LogP contribution in [-0.2, 0) is 0 Å². The van der Waals surface area contributed by atoms with E-state index >= 15 is 0 Å². The van der Waals surface area contributed by atoms with Crippen LogP contribution in [0.3, 0.4) is 0 Å². The average Bonchev–Trinajstić information content (AvgIpc) is 2.37. The Hall–Kier alpha value is -1.55. The lowest BCUT2D eigenvalue weighted by atomic mass is 9.85. The summed E-state index contributed by atoms with van der Waals surface area (Å²) in [6, 6.07) is 5.27. The first-order valence-electron chi connectivity index (χ1n) is 6.76. The molecular weight excluding hydrogens is 242 g/mol. The molecule has 1 fully saturated rings. The van der Waals surface area contributed by atoms with Gasteiger partial charge in [0.1, 0.15) is 12.4 Å². The van der Waals surface area contributed by atoms with E-state index in [4.69, 9.17) is 10.5 Å². The van der Waals surface area contributed by atoms with Crippen molar-refractivity contribution in [1.29, 1.82) is 0 Å². The first-order chi connectivity index (χ1) is 9.00. The van der Waals surface area contributed by atoms with Crippen molar-refractivity contribution < 1.29 is 14.6 Å². The summed E-state index contributed by atoms with van der Waals surface area (Å²) in [5, 5.41) is 10.4. The zero-order valence-electron chi connectivity index (χ0n) is 11.3. The molecule has 1 aliphatic rings. The van der Waals surface area contributed by atoms with Gasteiger partial charge in [-0.3, -0.25) is 4.79 Å². The van der Waals surface area contributed by atoms with Crippen LogP contribution in [0.15, 0.2) is 18.2 Å². The fourth-order valence-corrected chi connectivity index (χ4v) is 2.52. The van der Waals surface area contributed by atoms with Gasteiger partial charge in [0.2, 0.25) is 0 Å². The molecule has 1 aromatic rings. The van der Waals surface area contributed by atoms with Crippen molar-refractivity contribution in [3.63, 3.8) is 0 Å². The number of carbonyl (C=O) groups is 1. The Morgan fingerprint density at radius 3 is 2.68 bits per heavy atom. The van der Waals surface area contributed by atoms with Gasteiger partial charge in [-0.25, -0.2) is 0 Å². The molecule has 2 rings (SSSR count). The van der Waals surface area contributed by atoms with Crippen molar-refractivity contribution >= 4 is 5.91 Å². The molecule has 1 saturated carbocycles. The summed E-state index contributed by atoms with van der Waals surface area (Å²) in [7, 11) is 0. The highest BCUT2D eigenvalue weighted by Crippen LogP contribution is 2.29. The molecule has 0 aromatic heterocycles. The number of nitrogens with two attached hydrogens (primary N) is 1. The summed E-state index contributed by atoms with van der Waals surface area (Å²) in [5.41, 5.74) is 5.92. The van der Waals surface area contributed by atoms with Crippen molar-refractivity contribution in [3.8, 4) is 5.75 Å². The molecule has 0 aliphatic heterocycles. The summed E-state index contributed by atoms with van der Waals surface area (Å²) in [6.07, 6.45) is 4.72. The van der Waals surface area contributed by atoms with Crippen molar-refractivity contribution in [1.82, 2.24) is 0 Å². The highest BCUT2D eigenvalue weighted by atomic mass is 16.5. The minimum absolute atomic E-state index is 0.219. The predicted octanol–water partition coefficient (Wildman–Crippen LogP) is 2.17. The molecule has 0 saturated heterocycles. The maximum Gasteiger partial charge on any atom is 0.252 e. The van der Waals surface area contributed by atoms with Gasteiger partial charge in [-0.15, -0.1) is 0 Å². The van der Waals surface area contributed by atoms with Crippen LogP contribution < -0.4 is 10.5 Å². The van der Waals surface area contributed by atoms with Crippen molar-refractivity contribution in [3.05, 3.63) is 29.3 Å². The number of carbonyl (C=O) groups excluding carboxylic acids is 1. The minimum Gasteiger partial charge on any atom is -0.490 e. The number of hydrogen-bond acceptors (Lipinski definition) is 3. The van der Waals surface area contributed by atoms with Crippen LogP contribution >= 0.6 is 0 Å². The molecule has 4 nitrogen and oxygen atoms in total. The third-order valence-electron chi connectivity index (χ3n) is 3.68. The van der Waals surface area contributed by atoms with E-state index in [1.54, 1.807) is 12.1 Å². The van der Waals surface area contributed by atoms with Gasteiger partial charge in [0.05, 0.1) is 11.2 Å². The van der Waals surface area contributed by atoms with Gasteiger partial charge in [-0.05, 0) is 37.5 Å². The molecule has 4 heteroatoms. The van der Waals surface area contributed by atoms with Crippen LogP contribution in [0.5, 0.6) is 5.75 Å². The Morgan fingerprint density at radius 1 is 1.37 bits per heavy atom. The van der Waals surface area contributed by atoms with Crippen molar-refractivity contribution in [2.45, 2.75) is 44.6 Å². The van der Waals surface area contributed by atoms with Crippen LogP contribution in [-0.4, -0.2) is 23.2 Å². The molecule has 0 unspecified atom stereocenters. The molecule has 1 aliphatic carbocycles. The maximum absolute atomic E-state index is 11.3. The van der Waals surface area contributed by atoms with Crippen molar-refractivity contribution in [2.24, 2.45) is 5.73 Å². The van der Waals surface area contributed by atoms with Crippen LogP contribution in [0.2, 0.25) is 0 Å². The summed E-state index contributed by atoms with van der Waals surface area (Å²) in [4.78, 5) is 11.3. The van der Waals surface area contributed by atoms with E-state index in [9.17, 15) is 9.90 Å². The first kappa shape index (κ1) is 13.9. The topological polar surface area (TPSA) is 72.6 Å². The molecule has 0 spiro atoms. The number of hydrogen-bond donors (Lipinski definition) is 2. The zero-order valence-corrected chi connectivity index (χ0v) is 11.3. The van der Waals surface area contributed by atoms with E-state index in [1.165, 1.54) is 6.42 Å². The molecule has 1 amide bonds. The fraction of sp³-hybridized carbons (Fsp3) is 0.533. The molecule has 0 atom stereocenters. The van der Waals surface area contributed by atoms with E-state index in [0.717, 1.165) is 31.2 Å². The average molecular weight is 263 g/mol. The van der Waals surface area contributed by atoms with Gasteiger partial charge in [0, 0.05) is 0 Å². The lowest BCUT2D eigenvalue weighted by Crippen LogP contribution is -2.38. The Balaban J connectivity index is 2.10. The van der Waals surface area contributed by atoms with E-state index in [2.05, 4.69) is 0 Å². The molecule has 1 aromatic carbocycles. The normalized spacial score (nSPS) is 18.0.